The van der Waals surface area contributed by atoms with Crippen LogP contribution in [-0.2, 0) is 14.8 Å². The lowest BCUT2D eigenvalue weighted by Crippen LogP contribution is -2.38. The minimum atomic E-state index is -3.70. The van der Waals surface area contributed by atoms with Crippen LogP contribution in [0.4, 0.5) is 11.5 Å². The summed E-state index contributed by atoms with van der Waals surface area (Å²) >= 11 is 6.23. The van der Waals surface area contributed by atoms with Crippen LogP contribution in [0.5, 0.6) is 0 Å². The maximum atomic E-state index is 13.1. The molecule has 1 amide bonds. The van der Waals surface area contributed by atoms with Crippen LogP contribution in [0.15, 0.2) is 41.4 Å². The molecule has 2 saturated heterocycles. The Morgan fingerprint density at radius 3 is 2.45 bits per heavy atom. The van der Waals surface area contributed by atoms with Gasteiger partial charge >= 0.3 is 0 Å². The molecular weight excluding hydrogens is 462 g/mol. The summed E-state index contributed by atoms with van der Waals surface area (Å²) < 4.78 is 27.6. The van der Waals surface area contributed by atoms with E-state index >= 15 is 0 Å². The Labute approximate surface area is 199 Å². The van der Waals surface area contributed by atoms with Crippen molar-refractivity contribution in [3.63, 3.8) is 0 Å². The molecule has 1 aromatic heterocycles. The first kappa shape index (κ1) is 23.5. The fraction of sp³-hybridized carbons (Fsp3) is 0.435. The average Bonchev–Trinajstić information content (AvgIpc) is 2.86. The normalized spacial score (nSPS) is 18.0. The van der Waals surface area contributed by atoms with E-state index in [0.29, 0.717) is 50.3 Å². The molecule has 1 aromatic carbocycles. The van der Waals surface area contributed by atoms with Crippen LogP contribution in [0.25, 0.3) is 0 Å². The molecule has 0 spiro atoms. The summed E-state index contributed by atoms with van der Waals surface area (Å²) in [6.07, 6.45) is 5.55. The highest BCUT2D eigenvalue weighted by Crippen LogP contribution is 2.30. The molecule has 2 aromatic rings. The van der Waals surface area contributed by atoms with Gasteiger partial charge in [-0.2, -0.15) is 9.57 Å². The molecule has 0 unspecified atom stereocenters. The zero-order chi connectivity index (χ0) is 23.4. The van der Waals surface area contributed by atoms with Crippen LogP contribution < -0.4 is 10.2 Å². The SMILES string of the molecule is N#Cc1ccc(N2CCC(C(=O)Nc3ccc(Cl)c(S(=O)(=O)N4CCCCC4)c3)CC2)nc1. The summed E-state index contributed by atoms with van der Waals surface area (Å²) in [5.74, 6) is 0.474. The van der Waals surface area contributed by atoms with Gasteiger partial charge in [0, 0.05) is 44.0 Å². The van der Waals surface area contributed by atoms with Crippen LogP contribution >= 0.6 is 11.6 Å². The number of halogens is 1. The number of nitrogens with one attached hydrogen (secondary N) is 1. The van der Waals surface area contributed by atoms with Crippen molar-refractivity contribution in [2.75, 3.05) is 36.4 Å². The molecule has 0 saturated carbocycles. The third kappa shape index (κ3) is 5.29. The number of benzene rings is 1. The van der Waals surface area contributed by atoms with Crippen molar-refractivity contribution in [2.24, 2.45) is 5.92 Å². The number of hydrogen-bond donors (Lipinski definition) is 1. The third-order valence-electron chi connectivity index (χ3n) is 6.20. The highest BCUT2D eigenvalue weighted by Gasteiger charge is 2.29. The number of piperidine rings is 2. The number of nitrogens with zero attached hydrogens (tertiary/aromatic N) is 4. The molecule has 3 heterocycles. The minimum Gasteiger partial charge on any atom is -0.357 e. The van der Waals surface area contributed by atoms with Crippen LogP contribution in [0.3, 0.4) is 0 Å². The quantitative estimate of drug-likeness (QED) is 0.690. The average molecular weight is 488 g/mol. The first-order chi connectivity index (χ1) is 15.9. The standard InChI is InChI=1S/C23H26ClN5O3S/c24-20-6-5-19(14-21(20)33(31,32)29-10-2-1-3-11-29)27-23(30)18-8-12-28(13-9-18)22-7-4-17(15-25)16-26-22/h4-7,14,16,18H,1-3,8-13H2,(H,27,30). The lowest BCUT2D eigenvalue weighted by Gasteiger charge is -2.32. The summed E-state index contributed by atoms with van der Waals surface area (Å²) in [6.45, 7) is 2.32. The van der Waals surface area contributed by atoms with Gasteiger partial charge in [0.15, 0.2) is 0 Å². The monoisotopic (exact) mass is 487 g/mol. The number of sulfonamides is 1. The van der Waals surface area contributed by atoms with Gasteiger partial charge in [0.2, 0.25) is 15.9 Å². The van der Waals surface area contributed by atoms with E-state index in [0.717, 1.165) is 25.1 Å². The Kier molecular flexibility index (Phi) is 7.17. The van der Waals surface area contributed by atoms with Crippen molar-refractivity contribution < 1.29 is 13.2 Å². The molecule has 2 fully saturated rings. The number of rotatable bonds is 5. The second kappa shape index (κ2) is 10.1. The number of pyridine rings is 1. The highest BCUT2D eigenvalue weighted by molar-refractivity contribution is 7.89. The Balaban J connectivity index is 1.40. The van der Waals surface area contributed by atoms with Crippen molar-refractivity contribution in [1.29, 1.82) is 5.26 Å². The molecule has 0 aliphatic carbocycles. The number of hydrogen-bond acceptors (Lipinski definition) is 6. The first-order valence-corrected chi connectivity index (χ1v) is 12.9. The van der Waals surface area contributed by atoms with Crippen molar-refractivity contribution >= 4 is 39.0 Å². The van der Waals surface area contributed by atoms with E-state index < -0.39 is 10.0 Å². The van der Waals surface area contributed by atoms with Gasteiger partial charge in [0.25, 0.3) is 0 Å². The smallest absolute Gasteiger partial charge is 0.244 e. The molecule has 0 radical (unpaired) electrons. The molecule has 1 N–H and O–H groups in total. The Hall–Kier alpha value is -2.67. The van der Waals surface area contributed by atoms with Crippen molar-refractivity contribution in [3.8, 4) is 6.07 Å². The number of aromatic nitrogens is 1. The topological polar surface area (TPSA) is 106 Å². The number of amides is 1. The molecule has 33 heavy (non-hydrogen) atoms. The van der Waals surface area contributed by atoms with Gasteiger partial charge in [-0.3, -0.25) is 4.79 Å². The summed E-state index contributed by atoms with van der Waals surface area (Å²) in [5, 5.41) is 11.9. The fourth-order valence-corrected chi connectivity index (χ4v) is 6.29. The zero-order valence-corrected chi connectivity index (χ0v) is 19.8. The maximum absolute atomic E-state index is 13.1. The van der Waals surface area contributed by atoms with Crippen LogP contribution in [0, 0.1) is 17.2 Å². The lowest BCUT2D eigenvalue weighted by atomic mass is 9.95. The van der Waals surface area contributed by atoms with Gasteiger partial charge in [-0.1, -0.05) is 18.0 Å². The summed E-state index contributed by atoms with van der Waals surface area (Å²) in [6, 6.07) is 10.2. The van der Waals surface area contributed by atoms with Gasteiger partial charge in [0.1, 0.15) is 16.8 Å². The Bertz CT molecular complexity index is 1150. The van der Waals surface area contributed by atoms with Gasteiger partial charge in [-0.25, -0.2) is 13.4 Å². The zero-order valence-electron chi connectivity index (χ0n) is 18.2. The molecule has 2 aliphatic rings. The van der Waals surface area contributed by atoms with E-state index in [2.05, 4.69) is 21.3 Å². The summed E-state index contributed by atoms with van der Waals surface area (Å²) in [5.41, 5.74) is 0.939. The predicted molar refractivity (Wildman–Crippen MR) is 127 cm³/mol. The highest BCUT2D eigenvalue weighted by atomic mass is 35.5. The second-order valence-electron chi connectivity index (χ2n) is 8.38. The number of nitriles is 1. The van der Waals surface area contributed by atoms with Crippen molar-refractivity contribution in [1.82, 2.24) is 9.29 Å². The molecule has 0 bridgehead atoms. The number of carbonyl (C=O) groups excluding carboxylic acids is 1. The van der Waals surface area contributed by atoms with Crippen LogP contribution in [0.2, 0.25) is 5.02 Å². The van der Waals surface area contributed by atoms with Crippen molar-refractivity contribution in [3.05, 3.63) is 47.1 Å². The molecule has 174 valence electrons. The molecular formula is C23H26ClN5O3S. The third-order valence-corrected chi connectivity index (χ3v) is 8.58. The molecule has 4 rings (SSSR count). The molecule has 0 atom stereocenters. The minimum absolute atomic E-state index is 0.0329. The van der Waals surface area contributed by atoms with Crippen molar-refractivity contribution in [2.45, 2.75) is 37.0 Å². The summed E-state index contributed by atoms with van der Waals surface area (Å²) in [4.78, 5) is 19.3. The Morgan fingerprint density at radius 1 is 1.09 bits per heavy atom. The van der Waals surface area contributed by atoms with E-state index in [9.17, 15) is 13.2 Å². The van der Waals surface area contributed by atoms with Crippen LogP contribution in [0.1, 0.15) is 37.7 Å². The maximum Gasteiger partial charge on any atom is 0.244 e. The van der Waals surface area contributed by atoms with Gasteiger partial charge < -0.3 is 10.2 Å². The molecule has 10 heteroatoms. The van der Waals surface area contributed by atoms with Crippen LogP contribution in [-0.4, -0.2) is 49.8 Å². The van der Waals surface area contributed by atoms with E-state index in [4.69, 9.17) is 16.9 Å². The van der Waals surface area contributed by atoms with E-state index in [1.165, 1.54) is 16.4 Å². The first-order valence-electron chi connectivity index (χ1n) is 11.1. The van der Waals surface area contributed by atoms with E-state index in [1.807, 2.05) is 6.07 Å². The molecule has 2 aliphatic heterocycles. The largest absolute Gasteiger partial charge is 0.357 e. The van der Waals surface area contributed by atoms with Gasteiger partial charge in [0.05, 0.1) is 10.6 Å². The van der Waals surface area contributed by atoms with Gasteiger partial charge in [-0.15, -0.1) is 0 Å². The molecule has 8 nitrogen and oxygen atoms in total. The Morgan fingerprint density at radius 2 is 1.82 bits per heavy atom. The second-order valence-corrected chi connectivity index (χ2v) is 10.7. The van der Waals surface area contributed by atoms with E-state index in [-0.39, 0.29) is 21.7 Å². The predicted octanol–water partition coefficient (Wildman–Crippen LogP) is 3.64. The summed E-state index contributed by atoms with van der Waals surface area (Å²) in [7, 11) is -3.70. The number of carbonyl (C=O) groups is 1. The number of anilines is 2. The van der Waals surface area contributed by atoms with E-state index in [1.54, 1.807) is 18.3 Å². The lowest BCUT2D eigenvalue weighted by molar-refractivity contribution is -0.120. The fourth-order valence-electron chi connectivity index (χ4n) is 4.28. The van der Waals surface area contributed by atoms with Gasteiger partial charge in [-0.05, 0) is 56.0 Å².